The summed E-state index contributed by atoms with van der Waals surface area (Å²) < 4.78 is 0. The topological polar surface area (TPSA) is 86.7 Å². The van der Waals surface area contributed by atoms with Gasteiger partial charge in [0.05, 0.1) is 16.7 Å². The van der Waals surface area contributed by atoms with Gasteiger partial charge < -0.3 is 10.4 Å². The number of benzene rings is 1. The van der Waals surface area contributed by atoms with Crippen molar-refractivity contribution in [3.05, 3.63) is 35.4 Å². The first-order valence-corrected chi connectivity index (χ1v) is 9.29. The number of imide groups is 1. The van der Waals surface area contributed by atoms with Crippen molar-refractivity contribution in [3.8, 4) is 0 Å². The van der Waals surface area contributed by atoms with Crippen LogP contribution in [0, 0.1) is 5.92 Å². The van der Waals surface area contributed by atoms with Gasteiger partial charge in [0.15, 0.2) is 0 Å². The first-order valence-electron chi connectivity index (χ1n) is 9.29. The summed E-state index contributed by atoms with van der Waals surface area (Å²) in [6, 6.07) is 5.77. The molecule has 1 aliphatic heterocycles. The summed E-state index contributed by atoms with van der Waals surface area (Å²) in [7, 11) is 0. The van der Waals surface area contributed by atoms with Crippen molar-refractivity contribution >= 4 is 17.7 Å². The Morgan fingerprint density at radius 1 is 1.15 bits per heavy atom. The number of aliphatic hydroxyl groups is 1. The van der Waals surface area contributed by atoms with E-state index < -0.39 is 23.5 Å². The van der Waals surface area contributed by atoms with E-state index in [2.05, 4.69) is 5.32 Å². The smallest absolute Gasteiger partial charge is 0.262 e. The highest BCUT2D eigenvalue weighted by Crippen LogP contribution is 2.30. The third kappa shape index (κ3) is 3.51. The number of nitrogens with zero attached hydrogens (tertiary/aromatic N) is 1. The molecule has 6 nitrogen and oxygen atoms in total. The van der Waals surface area contributed by atoms with Gasteiger partial charge in [-0.1, -0.05) is 38.8 Å². The van der Waals surface area contributed by atoms with Gasteiger partial charge in [-0.05, 0) is 37.3 Å². The summed E-state index contributed by atoms with van der Waals surface area (Å²) in [4.78, 5) is 39.4. The Hall–Kier alpha value is -2.21. The Labute approximate surface area is 153 Å². The molecule has 0 aromatic heterocycles. The molecule has 0 spiro atoms. The summed E-state index contributed by atoms with van der Waals surface area (Å²) in [6.45, 7) is 4.05. The molecule has 0 radical (unpaired) electrons. The summed E-state index contributed by atoms with van der Waals surface area (Å²) in [6.07, 6.45) is 3.60. The van der Waals surface area contributed by atoms with Crippen LogP contribution in [0.4, 0.5) is 0 Å². The largest absolute Gasteiger partial charge is 0.388 e. The van der Waals surface area contributed by atoms with Crippen molar-refractivity contribution in [1.82, 2.24) is 10.2 Å². The van der Waals surface area contributed by atoms with Crippen molar-refractivity contribution in [2.45, 2.75) is 57.6 Å². The average Bonchev–Trinajstić information content (AvgIpc) is 3.14. The zero-order valence-corrected chi connectivity index (χ0v) is 15.3. The van der Waals surface area contributed by atoms with E-state index >= 15 is 0 Å². The maximum Gasteiger partial charge on any atom is 0.262 e. The molecule has 1 aromatic rings. The summed E-state index contributed by atoms with van der Waals surface area (Å²) in [5.74, 6) is -1.10. The van der Waals surface area contributed by atoms with Gasteiger partial charge in [-0.25, -0.2) is 0 Å². The van der Waals surface area contributed by atoms with Gasteiger partial charge in [0, 0.05) is 6.54 Å². The number of fused-ring (bicyclic) bond motifs is 1. The summed E-state index contributed by atoms with van der Waals surface area (Å²) in [5, 5.41) is 13.2. The van der Waals surface area contributed by atoms with Crippen LogP contribution in [0.25, 0.3) is 0 Å². The number of hydrogen-bond acceptors (Lipinski definition) is 4. The maximum atomic E-state index is 12.8. The van der Waals surface area contributed by atoms with Crippen LogP contribution in [0.3, 0.4) is 0 Å². The zero-order chi connectivity index (χ0) is 18.9. The molecule has 26 heavy (non-hydrogen) atoms. The van der Waals surface area contributed by atoms with Crippen LogP contribution in [-0.4, -0.2) is 45.9 Å². The standard InChI is InChI=1S/C20H26N2O4/c1-13(2)11-16(17(23)21-12-20(26)9-5-6-10-20)22-18(24)14-7-3-4-8-15(14)19(22)25/h3-4,7-8,13,16,26H,5-6,9-12H2,1-2H3,(H,21,23). The lowest BCUT2D eigenvalue weighted by atomic mass is 9.99. The summed E-state index contributed by atoms with van der Waals surface area (Å²) in [5.41, 5.74) is -0.193. The minimum absolute atomic E-state index is 0.129. The average molecular weight is 358 g/mol. The van der Waals surface area contributed by atoms with Gasteiger partial charge in [0.25, 0.3) is 11.8 Å². The highest BCUT2D eigenvalue weighted by Gasteiger charge is 2.43. The molecule has 6 heteroatoms. The summed E-state index contributed by atoms with van der Waals surface area (Å²) >= 11 is 0. The van der Waals surface area contributed by atoms with Crippen molar-refractivity contribution in [2.24, 2.45) is 5.92 Å². The van der Waals surface area contributed by atoms with Gasteiger partial charge in [-0.15, -0.1) is 0 Å². The van der Waals surface area contributed by atoms with E-state index in [1.54, 1.807) is 24.3 Å². The van der Waals surface area contributed by atoms with Crippen LogP contribution in [0.5, 0.6) is 0 Å². The minimum Gasteiger partial charge on any atom is -0.388 e. The van der Waals surface area contributed by atoms with E-state index in [0.29, 0.717) is 30.4 Å². The van der Waals surface area contributed by atoms with Crippen LogP contribution in [0.15, 0.2) is 24.3 Å². The highest BCUT2D eigenvalue weighted by atomic mass is 16.3. The van der Waals surface area contributed by atoms with E-state index in [4.69, 9.17) is 0 Å². The quantitative estimate of drug-likeness (QED) is 0.763. The molecule has 140 valence electrons. The Bertz CT molecular complexity index is 687. The number of carbonyl (C=O) groups excluding carboxylic acids is 3. The Morgan fingerprint density at radius 3 is 2.19 bits per heavy atom. The molecule has 0 saturated heterocycles. The molecule has 1 unspecified atom stereocenters. The van der Waals surface area contributed by atoms with E-state index in [1.165, 1.54) is 0 Å². The number of amides is 3. The van der Waals surface area contributed by atoms with Crippen LogP contribution in [0.2, 0.25) is 0 Å². The molecule has 1 heterocycles. The van der Waals surface area contributed by atoms with E-state index in [-0.39, 0.29) is 18.4 Å². The minimum atomic E-state index is -0.875. The number of carbonyl (C=O) groups is 3. The first-order chi connectivity index (χ1) is 12.3. The molecule has 1 aliphatic carbocycles. The zero-order valence-electron chi connectivity index (χ0n) is 15.3. The number of rotatable bonds is 6. The lowest BCUT2D eigenvalue weighted by Gasteiger charge is -2.29. The second kappa shape index (κ2) is 7.19. The van der Waals surface area contributed by atoms with Crippen LogP contribution >= 0.6 is 0 Å². The molecule has 1 saturated carbocycles. The normalized spacial score (nSPS) is 19.8. The van der Waals surface area contributed by atoms with Crippen LogP contribution in [0.1, 0.15) is 66.7 Å². The van der Waals surface area contributed by atoms with Crippen molar-refractivity contribution in [1.29, 1.82) is 0 Å². The molecule has 1 fully saturated rings. The second-order valence-electron chi connectivity index (χ2n) is 7.82. The molecule has 1 aromatic carbocycles. The highest BCUT2D eigenvalue weighted by molar-refractivity contribution is 6.22. The fourth-order valence-corrected chi connectivity index (χ4v) is 3.85. The van der Waals surface area contributed by atoms with Crippen molar-refractivity contribution in [3.63, 3.8) is 0 Å². The van der Waals surface area contributed by atoms with E-state index in [0.717, 1.165) is 17.7 Å². The predicted octanol–water partition coefficient (Wildman–Crippen LogP) is 2.12. The maximum absolute atomic E-state index is 12.8. The Morgan fingerprint density at radius 2 is 1.69 bits per heavy atom. The van der Waals surface area contributed by atoms with Gasteiger partial charge in [0.1, 0.15) is 6.04 Å². The molecule has 2 aliphatic rings. The van der Waals surface area contributed by atoms with E-state index in [9.17, 15) is 19.5 Å². The molecular weight excluding hydrogens is 332 g/mol. The molecule has 2 N–H and O–H groups in total. The number of hydrogen-bond donors (Lipinski definition) is 2. The van der Waals surface area contributed by atoms with Gasteiger partial charge in [-0.3, -0.25) is 19.3 Å². The third-order valence-electron chi connectivity index (χ3n) is 5.26. The molecule has 3 amide bonds. The van der Waals surface area contributed by atoms with Gasteiger partial charge >= 0.3 is 0 Å². The number of nitrogens with one attached hydrogen (secondary N) is 1. The second-order valence-corrected chi connectivity index (χ2v) is 7.82. The molecule has 3 rings (SSSR count). The SMILES string of the molecule is CC(C)CC(C(=O)NCC1(O)CCCC1)N1C(=O)c2ccccc2C1=O. The lowest BCUT2D eigenvalue weighted by Crippen LogP contribution is -2.52. The van der Waals surface area contributed by atoms with E-state index in [1.807, 2.05) is 13.8 Å². The van der Waals surface area contributed by atoms with Crippen molar-refractivity contribution in [2.75, 3.05) is 6.54 Å². The van der Waals surface area contributed by atoms with Crippen LogP contribution in [-0.2, 0) is 4.79 Å². The molecule has 1 atom stereocenters. The fraction of sp³-hybridized carbons (Fsp3) is 0.550. The molecule has 0 bridgehead atoms. The fourth-order valence-electron chi connectivity index (χ4n) is 3.85. The van der Waals surface area contributed by atoms with Crippen molar-refractivity contribution < 1.29 is 19.5 Å². The monoisotopic (exact) mass is 358 g/mol. The van der Waals surface area contributed by atoms with Gasteiger partial charge in [-0.2, -0.15) is 0 Å². The van der Waals surface area contributed by atoms with Gasteiger partial charge in [0.2, 0.25) is 5.91 Å². The first kappa shape index (κ1) is 18.6. The predicted molar refractivity (Wildman–Crippen MR) is 96.6 cm³/mol. The Kier molecular flexibility index (Phi) is 5.14. The lowest BCUT2D eigenvalue weighted by molar-refractivity contribution is -0.126. The third-order valence-corrected chi connectivity index (χ3v) is 5.26. The van der Waals surface area contributed by atoms with Crippen LogP contribution < -0.4 is 5.32 Å². The Balaban J connectivity index is 1.79. The molecular formula is C20H26N2O4.